The fraction of sp³-hybridized carbons (Fsp3) is 0.167. The third kappa shape index (κ3) is 3.11. The van der Waals surface area contributed by atoms with Crippen molar-refractivity contribution in [1.29, 1.82) is 0 Å². The first-order valence-electron chi connectivity index (χ1n) is 5.31. The lowest BCUT2D eigenvalue weighted by Crippen LogP contribution is -2.01. The van der Waals surface area contributed by atoms with Crippen LogP contribution in [0.25, 0.3) is 0 Å². The van der Waals surface area contributed by atoms with Crippen LogP contribution in [0, 0.1) is 5.82 Å². The fourth-order valence-electron chi connectivity index (χ4n) is 1.40. The minimum Gasteiger partial charge on any atom is -0.497 e. The summed E-state index contributed by atoms with van der Waals surface area (Å²) >= 11 is 3.24. The highest BCUT2D eigenvalue weighted by molar-refractivity contribution is 9.10. The topological polar surface area (TPSA) is 56.3 Å². The molecular formula is C12H11BrFN3O2. The zero-order valence-electron chi connectivity index (χ0n) is 10.3. The Bertz CT molecular complexity index is 595. The van der Waals surface area contributed by atoms with Gasteiger partial charge >= 0.3 is 0 Å². The summed E-state index contributed by atoms with van der Waals surface area (Å²) in [5.74, 6) is 0.701. The summed E-state index contributed by atoms with van der Waals surface area (Å²) in [6, 6.07) is 4.36. The lowest BCUT2D eigenvalue weighted by Gasteiger charge is -2.09. The SMILES string of the molecule is COc1ccc(F)c(Nc2ncc(Br)c(OC)n2)c1. The standard InChI is InChI=1S/C12H11BrFN3O2/c1-18-7-3-4-9(14)10(5-7)16-12-15-6-8(13)11(17-12)19-2/h3-6H,1-2H3,(H,15,16,17). The van der Waals surface area contributed by atoms with Gasteiger partial charge in [0.1, 0.15) is 11.6 Å². The van der Waals surface area contributed by atoms with Gasteiger partial charge in [-0.1, -0.05) is 0 Å². The molecule has 1 aromatic heterocycles. The van der Waals surface area contributed by atoms with Crippen molar-refractivity contribution >= 4 is 27.6 Å². The first kappa shape index (κ1) is 13.5. The second-order valence-electron chi connectivity index (χ2n) is 3.52. The van der Waals surface area contributed by atoms with Crippen LogP contribution < -0.4 is 14.8 Å². The average molecular weight is 328 g/mol. The normalized spacial score (nSPS) is 10.1. The monoisotopic (exact) mass is 327 g/mol. The minimum absolute atomic E-state index is 0.226. The van der Waals surface area contributed by atoms with Crippen LogP contribution in [0.4, 0.5) is 16.0 Å². The molecule has 0 spiro atoms. The second-order valence-corrected chi connectivity index (χ2v) is 4.38. The summed E-state index contributed by atoms with van der Waals surface area (Å²) in [7, 11) is 3.00. The van der Waals surface area contributed by atoms with E-state index in [1.54, 1.807) is 0 Å². The molecule has 7 heteroatoms. The number of anilines is 2. The molecule has 1 aromatic carbocycles. The Morgan fingerprint density at radius 2 is 2.05 bits per heavy atom. The zero-order valence-corrected chi connectivity index (χ0v) is 11.9. The van der Waals surface area contributed by atoms with E-state index in [9.17, 15) is 4.39 Å². The Kier molecular flexibility index (Phi) is 4.16. The van der Waals surface area contributed by atoms with Gasteiger partial charge in [0.05, 0.1) is 30.6 Å². The number of halogens is 2. The van der Waals surface area contributed by atoms with Gasteiger partial charge in [-0.15, -0.1) is 0 Å². The molecule has 0 fully saturated rings. The van der Waals surface area contributed by atoms with Crippen molar-refractivity contribution in [2.24, 2.45) is 0 Å². The number of rotatable bonds is 4. The summed E-state index contributed by atoms with van der Waals surface area (Å²) in [5.41, 5.74) is 0.226. The number of methoxy groups -OCH3 is 2. The Balaban J connectivity index is 2.30. The lowest BCUT2D eigenvalue weighted by atomic mass is 10.3. The average Bonchev–Trinajstić information content (AvgIpc) is 2.43. The van der Waals surface area contributed by atoms with Gasteiger partial charge in [-0.05, 0) is 28.1 Å². The molecule has 0 saturated heterocycles. The molecular weight excluding hydrogens is 317 g/mol. The second kappa shape index (κ2) is 5.83. The molecule has 2 rings (SSSR count). The Morgan fingerprint density at radius 1 is 1.26 bits per heavy atom. The van der Waals surface area contributed by atoms with Crippen LogP contribution in [0.15, 0.2) is 28.9 Å². The molecule has 19 heavy (non-hydrogen) atoms. The highest BCUT2D eigenvalue weighted by atomic mass is 79.9. The van der Waals surface area contributed by atoms with Crippen LogP contribution in [-0.4, -0.2) is 24.2 Å². The van der Waals surface area contributed by atoms with Gasteiger partial charge < -0.3 is 14.8 Å². The number of nitrogens with one attached hydrogen (secondary N) is 1. The van der Waals surface area contributed by atoms with Crippen molar-refractivity contribution in [2.45, 2.75) is 0 Å². The van der Waals surface area contributed by atoms with Gasteiger partial charge in [0, 0.05) is 6.07 Å². The molecule has 0 saturated carbocycles. The molecule has 2 aromatic rings. The van der Waals surface area contributed by atoms with Crippen molar-refractivity contribution in [3.63, 3.8) is 0 Å². The van der Waals surface area contributed by atoms with Gasteiger partial charge in [0.25, 0.3) is 0 Å². The van der Waals surface area contributed by atoms with Crippen LogP contribution in [0.2, 0.25) is 0 Å². The van der Waals surface area contributed by atoms with E-state index in [0.29, 0.717) is 16.1 Å². The van der Waals surface area contributed by atoms with Crippen LogP contribution in [0.1, 0.15) is 0 Å². The number of hydrogen-bond donors (Lipinski definition) is 1. The Labute approximate surface area is 117 Å². The maximum atomic E-state index is 13.6. The smallest absolute Gasteiger partial charge is 0.232 e. The van der Waals surface area contributed by atoms with E-state index >= 15 is 0 Å². The summed E-state index contributed by atoms with van der Waals surface area (Å²) in [5, 5.41) is 2.77. The van der Waals surface area contributed by atoms with Crippen molar-refractivity contribution in [3.8, 4) is 11.6 Å². The molecule has 0 amide bonds. The number of aromatic nitrogens is 2. The van der Waals surface area contributed by atoms with Gasteiger partial charge in [-0.2, -0.15) is 4.98 Å². The minimum atomic E-state index is -0.425. The van der Waals surface area contributed by atoms with Crippen molar-refractivity contribution in [2.75, 3.05) is 19.5 Å². The molecule has 0 unspecified atom stereocenters. The fourth-order valence-corrected chi connectivity index (χ4v) is 1.76. The molecule has 0 aliphatic carbocycles. The van der Waals surface area contributed by atoms with Crippen molar-refractivity contribution < 1.29 is 13.9 Å². The predicted molar refractivity (Wildman–Crippen MR) is 72.5 cm³/mol. The maximum Gasteiger partial charge on any atom is 0.232 e. The first-order chi connectivity index (χ1) is 9.13. The molecule has 0 aliphatic rings. The largest absolute Gasteiger partial charge is 0.497 e. The Morgan fingerprint density at radius 3 is 2.74 bits per heavy atom. The first-order valence-corrected chi connectivity index (χ1v) is 6.10. The summed E-state index contributed by atoms with van der Waals surface area (Å²) in [6.45, 7) is 0. The van der Waals surface area contributed by atoms with E-state index in [4.69, 9.17) is 9.47 Å². The maximum absolute atomic E-state index is 13.6. The molecule has 0 atom stereocenters. The number of nitrogens with zero attached hydrogens (tertiary/aromatic N) is 2. The number of ether oxygens (including phenoxy) is 2. The Hall–Kier alpha value is -1.89. The van der Waals surface area contributed by atoms with Crippen LogP contribution in [-0.2, 0) is 0 Å². The summed E-state index contributed by atoms with van der Waals surface area (Å²) in [4.78, 5) is 8.11. The quantitative estimate of drug-likeness (QED) is 0.934. The van der Waals surface area contributed by atoms with Gasteiger partial charge in [-0.3, -0.25) is 0 Å². The molecule has 0 radical (unpaired) electrons. The zero-order chi connectivity index (χ0) is 13.8. The van der Waals surface area contributed by atoms with E-state index in [2.05, 4.69) is 31.2 Å². The van der Waals surface area contributed by atoms with Crippen LogP contribution in [0.5, 0.6) is 11.6 Å². The van der Waals surface area contributed by atoms with Gasteiger partial charge in [0.15, 0.2) is 0 Å². The third-order valence-corrected chi connectivity index (χ3v) is 2.87. The van der Waals surface area contributed by atoms with Crippen LogP contribution >= 0.6 is 15.9 Å². The van der Waals surface area contributed by atoms with E-state index in [-0.39, 0.29) is 11.6 Å². The van der Waals surface area contributed by atoms with E-state index in [0.717, 1.165) is 0 Å². The summed E-state index contributed by atoms with van der Waals surface area (Å²) in [6.07, 6.45) is 1.52. The van der Waals surface area contributed by atoms with Crippen molar-refractivity contribution in [1.82, 2.24) is 9.97 Å². The highest BCUT2D eigenvalue weighted by Crippen LogP contribution is 2.26. The van der Waals surface area contributed by atoms with E-state index < -0.39 is 5.82 Å². The molecule has 5 nitrogen and oxygen atoms in total. The van der Waals surface area contributed by atoms with E-state index in [1.165, 1.54) is 38.6 Å². The lowest BCUT2D eigenvalue weighted by molar-refractivity contribution is 0.394. The van der Waals surface area contributed by atoms with E-state index in [1.807, 2.05) is 0 Å². The van der Waals surface area contributed by atoms with Gasteiger partial charge in [0.2, 0.25) is 11.8 Å². The number of benzene rings is 1. The predicted octanol–water partition coefficient (Wildman–Crippen LogP) is 3.14. The highest BCUT2D eigenvalue weighted by Gasteiger charge is 2.09. The molecule has 1 heterocycles. The number of hydrogen-bond acceptors (Lipinski definition) is 5. The molecule has 0 aliphatic heterocycles. The van der Waals surface area contributed by atoms with Crippen molar-refractivity contribution in [3.05, 3.63) is 34.7 Å². The molecule has 100 valence electrons. The van der Waals surface area contributed by atoms with Crippen LogP contribution in [0.3, 0.4) is 0 Å². The summed E-state index contributed by atoms with van der Waals surface area (Å²) < 4.78 is 24.3. The molecule has 1 N–H and O–H groups in total. The van der Waals surface area contributed by atoms with Gasteiger partial charge in [-0.25, -0.2) is 9.37 Å². The third-order valence-electron chi connectivity index (χ3n) is 2.33. The molecule has 0 bridgehead atoms.